The van der Waals surface area contributed by atoms with Crippen molar-refractivity contribution in [3.8, 4) is 22.7 Å². The highest BCUT2D eigenvalue weighted by molar-refractivity contribution is 5.95. The fourth-order valence-corrected chi connectivity index (χ4v) is 3.30. The molecule has 1 amide bonds. The minimum absolute atomic E-state index is 0.0296. The first-order valence-electron chi connectivity index (χ1n) is 10.5. The van der Waals surface area contributed by atoms with Crippen LogP contribution in [0.1, 0.15) is 30.6 Å². The van der Waals surface area contributed by atoms with Crippen molar-refractivity contribution in [3.63, 3.8) is 0 Å². The van der Waals surface area contributed by atoms with Crippen molar-refractivity contribution in [2.75, 3.05) is 0 Å². The van der Waals surface area contributed by atoms with Crippen LogP contribution in [-0.2, 0) is 7.05 Å². The molecule has 0 fully saturated rings. The summed E-state index contributed by atoms with van der Waals surface area (Å²) in [5.41, 5.74) is -3.76. The number of amides is 1. The van der Waals surface area contributed by atoms with Crippen LogP contribution in [0, 0.1) is 0 Å². The molecule has 194 valence electrons. The summed E-state index contributed by atoms with van der Waals surface area (Å²) < 4.78 is 72.3. The molecule has 0 aliphatic rings. The molecule has 2 unspecified atom stereocenters. The first-order valence-corrected chi connectivity index (χ1v) is 10.5. The topological polar surface area (TPSA) is 111 Å². The van der Waals surface area contributed by atoms with Gasteiger partial charge in [0.25, 0.3) is 11.5 Å². The third kappa shape index (κ3) is 5.87. The number of aryl methyl sites for hydroxylation is 1. The molecule has 2 heterocycles. The van der Waals surface area contributed by atoms with Gasteiger partial charge in [-0.3, -0.25) is 14.3 Å². The largest absolute Gasteiger partial charge is 0.435 e. The lowest BCUT2D eigenvalue weighted by Crippen LogP contribution is -2.59. The first-order chi connectivity index (χ1) is 16.7. The third-order valence-corrected chi connectivity index (χ3v) is 5.41. The van der Waals surface area contributed by atoms with Crippen LogP contribution < -0.4 is 15.6 Å². The lowest BCUT2D eigenvalue weighted by molar-refractivity contribution is -0.196. The van der Waals surface area contributed by atoms with E-state index in [1.165, 1.54) is 48.3 Å². The maximum Gasteiger partial charge on any atom is 0.411 e. The number of aromatic nitrogens is 4. The van der Waals surface area contributed by atoms with Crippen molar-refractivity contribution in [2.45, 2.75) is 44.7 Å². The summed E-state index contributed by atoms with van der Waals surface area (Å²) in [7, 11) is 1.55. The van der Waals surface area contributed by atoms with Gasteiger partial charge in [-0.25, -0.2) is 0 Å². The minimum Gasteiger partial charge on any atom is -0.435 e. The summed E-state index contributed by atoms with van der Waals surface area (Å²) in [6.45, 7) is -0.828. The molecule has 3 aromatic rings. The minimum atomic E-state index is -5.02. The van der Waals surface area contributed by atoms with Gasteiger partial charge >= 0.3 is 12.8 Å². The molecule has 0 radical (unpaired) electrons. The quantitative estimate of drug-likeness (QED) is 0.446. The van der Waals surface area contributed by atoms with Crippen LogP contribution in [0.2, 0.25) is 0 Å². The number of hydrogen-bond acceptors (Lipinski definition) is 6. The van der Waals surface area contributed by atoms with E-state index in [-0.39, 0.29) is 29.1 Å². The number of carbonyl (C=O) groups excluding carboxylic acids is 1. The fourth-order valence-electron chi connectivity index (χ4n) is 3.30. The van der Waals surface area contributed by atoms with Crippen molar-refractivity contribution in [2.24, 2.45) is 7.05 Å². The van der Waals surface area contributed by atoms with Gasteiger partial charge in [-0.05, 0) is 43.7 Å². The second kappa shape index (κ2) is 10.0. The Bertz CT molecular complexity index is 1290. The highest BCUT2D eigenvalue weighted by Crippen LogP contribution is 2.30. The molecule has 2 aromatic heterocycles. The van der Waals surface area contributed by atoms with Crippen LogP contribution in [0.25, 0.3) is 16.9 Å². The van der Waals surface area contributed by atoms with Gasteiger partial charge in [-0.1, -0.05) is 6.92 Å². The van der Waals surface area contributed by atoms with E-state index >= 15 is 0 Å². The van der Waals surface area contributed by atoms with E-state index in [4.69, 9.17) is 0 Å². The average molecular weight is 515 g/mol. The predicted octanol–water partition coefficient (Wildman–Crippen LogP) is 3.06. The van der Waals surface area contributed by atoms with Gasteiger partial charge in [0.2, 0.25) is 0 Å². The van der Waals surface area contributed by atoms with E-state index in [1.807, 2.05) is 0 Å². The molecule has 0 bridgehead atoms. The highest BCUT2D eigenvalue weighted by Gasteiger charge is 2.51. The molecule has 0 spiro atoms. The summed E-state index contributed by atoms with van der Waals surface area (Å²) in [5.74, 6) is -1.56. The van der Waals surface area contributed by atoms with E-state index in [2.05, 4.69) is 14.9 Å². The SMILES string of the molecule is CCC(C)(O)C(NC(=O)c1cc(-c2ccc(OC(F)F)cc2)nn(-c2cnn(C)c2)c1=O)C(F)(F)F. The van der Waals surface area contributed by atoms with Gasteiger partial charge in [0.15, 0.2) is 6.04 Å². The summed E-state index contributed by atoms with van der Waals surface area (Å²) in [6.07, 6.45) is -2.72. The van der Waals surface area contributed by atoms with Crippen LogP contribution in [0.4, 0.5) is 22.0 Å². The van der Waals surface area contributed by atoms with Crippen molar-refractivity contribution in [1.29, 1.82) is 0 Å². The normalized spacial score (nSPS) is 14.4. The van der Waals surface area contributed by atoms with Crippen LogP contribution in [0.15, 0.2) is 47.5 Å². The summed E-state index contributed by atoms with van der Waals surface area (Å²) in [5, 5.41) is 20.0. The lowest BCUT2D eigenvalue weighted by atomic mass is 9.92. The molecule has 9 nitrogen and oxygen atoms in total. The molecular formula is C22H22F5N5O4. The molecule has 2 atom stereocenters. The van der Waals surface area contributed by atoms with E-state index in [9.17, 15) is 36.6 Å². The second-order valence-electron chi connectivity index (χ2n) is 8.09. The Hall–Kier alpha value is -3.81. The molecule has 1 aromatic carbocycles. The number of nitrogens with zero attached hydrogens (tertiary/aromatic N) is 4. The first kappa shape index (κ1) is 26.8. The van der Waals surface area contributed by atoms with Gasteiger partial charge in [-0.15, -0.1) is 0 Å². The molecule has 0 aliphatic carbocycles. The Morgan fingerprint density at radius 1 is 1.22 bits per heavy atom. The Labute approximate surface area is 201 Å². The number of aliphatic hydroxyl groups is 1. The zero-order valence-corrected chi connectivity index (χ0v) is 19.3. The predicted molar refractivity (Wildman–Crippen MR) is 117 cm³/mol. The smallest absolute Gasteiger partial charge is 0.411 e. The maximum absolute atomic E-state index is 13.7. The van der Waals surface area contributed by atoms with Gasteiger partial charge in [0.05, 0.1) is 23.7 Å². The Morgan fingerprint density at radius 3 is 2.36 bits per heavy atom. The van der Waals surface area contributed by atoms with Crippen LogP contribution in [0.5, 0.6) is 5.75 Å². The number of ether oxygens (including phenoxy) is 1. The molecule has 14 heteroatoms. The van der Waals surface area contributed by atoms with Gasteiger partial charge < -0.3 is 15.2 Å². The van der Waals surface area contributed by atoms with Gasteiger partial charge in [0.1, 0.15) is 17.0 Å². The van der Waals surface area contributed by atoms with Crippen molar-refractivity contribution in [3.05, 3.63) is 58.6 Å². The number of nitrogens with one attached hydrogen (secondary N) is 1. The Kier molecular flexibility index (Phi) is 7.48. The Balaban J connectivity index is 2.12. The summed E-state index contributed by atoms with van der Waals surface area (Å²) in [6, 6.07) is 3.33. The highest BCUT2D eigenvalue weighted by atomic mass is 19.4. The van der Waals surface area contributed by atoms with Crippen LogP contribution >= 0.6 is 0 Å². The standard InChI is InChI=1S/C22H22F5N5O4/c1-4-21(2,35)19(22(25,26)27)29-17(33)15-9-16(12-5-7-14(8-6-12)36-20(23)24)30-32(18(15)34)13-10-28-31(3)11-13/h5-11,19-20,35H,4H2,1-3H3,(H,29,33). The van der Waals surface area contributed by atoms with Crippen molar-refractivity contribution >= 4 is 5.91 Å². The van der Waals surface area contributed by atoms with E-state index in [1.54, 1.807) is 12.4 Å². The number of benzene rings is 1. The number of alkyl halides is 5. The molecular weight excluding hydrogens is 493 g/mol. The van der Waals surface area contributed by atoms with Crippen molar-refractivity contribution < 1.29 is 36.6 Å². The number of carbonyl (C=O) groups is 1. The van der Waals surface area contributed by atoms with Gasteiger partial charge in [-0.2, -0.15) is 36.8 Å². The maximum atomic E-state index is 13.7. The molecule has 2 N–H and O–H groups in total. The second-order valence-corrected chi connectivity index (χ2v) is 8.09. The third-order valence-electron chi connectivity index (χ3n) is 5.41. The van der Waals surface area contributed by atoms with Gasteiger partial charge in [0, 0.05) is 12.6 Å². The monoisotopic (exact) mass is 515 g/mol. The van der Waals surface area contributed by atoms with E-state index < -0.39 is 41.5 Å². The summed E-state index contributed by atoms with van der Waals surface area (Å²) in [4.78, 5) is 26.0. The lowest BCUT2D eigenvalue weighted by Gasteiger charge is -2.34. The van der Waals surface area contributed by atoms with E-state index in [0.717, 1.165) is 17.7 Å². The van der Waals surface area contributed by atoms with Crippen molar-refractivity contribution in [1.82, 2.24) is 24.9 Å². The molecule has 0 aliphatic heterocycles. The van der Waals surface area contributed by atoms with Crippen LogP contribution in [-0.4, -0.2) is 55.0 Å². The molecule has 3 rings (SSSR count). The Morgan fingerprint density at radius 2 is 1.86 bits per heavy atom. The van der Waals surface area contributed by atoms with Crippen LogP contribution in [0.3, 0.4) is 0 Å². The molecule has 36 heavy (non-hydrogen) atoms. The summed E-state index contributed by atoms with van der Waals surface area (Å²) >= 11 is 0. The number of rotatable bonds is 8. The molecule has 0 saturated heterocycles. The number of halogens is 5. The zero-order valence-electron chi connectivity index (χ0n) is 19.3. The fraction of sp³-hybridized carbons (Fsp3) is 0.364. The number of hydrogen-bond donors (Lipinski definition) is 2. The zero-order chi connectivity index (χ0) is 26.8. The average Bonchev–Trinajstić information content (AvgIpc) is 3.22. The van der Waals surface area contributed by atoms with E-state index in [0.29, 0.717) is 0 Å². The molecule has 0 saturated carbocycles.